The van der Waals surface area contributed by atoms with E-state index in [1.807, 2.05) is 18.3 Å². The summed E-state index contributed by atoms with van der Waals surface area (Å²) in [6.45, 7) is 10.1. The summed E-state index contributed by atoms with van der Waals surface area (Å²) in [5.41, 5.74) is 4.93. The molecule has 0 aliphatic carbocycles. The summed E-state index contributed by atoms with van der Waals surface area (Å²) in [4.78, 5) is 9.50. The molecule has 4 heterocycles. The van der Waals surface area contributed by atoms with Gasteiger partial charge in [0.1, 0.15) is 0 Å². The lowest BCUT2D eigenvalue weighted by Crippen LogP contribution is -2.39. The van der Waals surface area contributed by atoms with Crippen molar-refractivity contribution in [1.29, 1.82) is 0 Å². The zero-order chi connectivity index (χ0) is 20.4. The predicted octanol–water partition coefficient (Wildman–Crippen LogP) is 2.73. The van der Waals surface area contributed by atoms with Gasteiger partial charge in [-0.3, -0.25) is 9.88 Å². The van der Waals surface area contributed by atoms with Crippen molar-refractivity contribution in [3.63, 3.8) is 0 Å². The highest BCUT2D eigenvalue weighted by molar-refractivity contribution is 7.80. The summed E-state index contributed by atoms with van der Waals surface area (Å²) in [5, 5.41) is 4.39. The maximum absolute atomic E-state index is 5.79. The maximum atomic E-state index is 5.79. The number of nitrogens with zero attached hydrogens (tertiary/aromatic N) is 4. The predicted molar refractivity (Wildman–Crippen MR) is 119 cm³/mol. The number of aromatic nitrogens is 2. The first-order chi connectivity index (χ1) is 14.1. The maximum Gasteiger partial charge on any atom is 0.170 e. The number of nitrogens with one attached hydrogen (secondary N) is 1. The first-order valence-corrected chi connectivity index (χ1v) is 10.9. The van der Waals surface area contributed by atoms with Crippen molar-refractivity contribution in [2.45, 2.75) is 32.4 Å². The van der Waals surface area contributed by atoms with Gasteiger partial charge in [0.05, 0.1) is 31.0 Å². The summed E-state index contributed by atoms with van der Waals surface area (Å²) in [6.07, 6.45) is 2.94. The van der Waals surface area contributed by atoms with Crippen LogP contribution in [0.4, 0.5) is 0 Å². The quantitative estimate of drug-likeness (QED) is 0.735. The monoisotopic (exact) mass is 413 g/mol. The molecule has 0 bridgehead atoms. The number of pyridine rings is 1. The minimum absolute atomic E-state index is 0.0626. The molecule has 2 saturated heterocycles. The molecular weight excluding hydrogens is 382 g/mol. The van der Waals surface area contributed by atoms with Gasteiger partial charge in [0.15, 0.2) is 5.11 Å². The third-order valence-electron chi connectivity index (χ3n) is 6.31. The second-order valence-electron chi connectivity index (χ2n) is 8.01. The summed E-state index contributed by atoms with van der Waals surface area (Å²) in [6, 6.07) is 8.63. The molecule has 4 rings (SSSR count). The molecular formula is C22H31N5OS. The van der Waals surface area contributed by atoms with E-state index in [0.29, 0.717) is 0 Å². The number of ether oxygens (including phenoxy) is 1. The Morgan fingerprint density at radius 1 is 1.21 bits per heavy atom. The van der Waals surface area contributed by atoms with Gasteiger partial charge in [0.2, 0.25) is 0 Å². The van der Waals surface area contributed by atoms with Gasteiger partial charge in [0.25, 0.3) is 0 Å². The standard InChI is InChI=1S/C22H31N5OS/c1-16-15-18(17(2)25(16)3)21-20(19-7-4-5-8-23-19)24-22(29)27(21)10-6-9-26-11-13-28-14-12-26/h4-5,7-8,15,20-21H,6,9-14H2,1-3H3,(H,24,29)/t20-,21-/m0/s1. The van der Waals surface area contributed by atoms with E-state index in [2.05, 4.69) is 57.7 Å². The lowest BCUT2D eigenvalue weighted by molar-refractivity contribution is 0.0365. The van der Waals surface area contributed by atoms with Crippen molar-refractivity contribution in [2.24, 2.45) is 7.05 Å². The fraction of sp³-hybridized carbons (Fsp3) is 0.545. The smallest absolute Gasteiger partial charge is 0.170 e. The molecule has 2 aromatic heterocycles. The van der Waals surface area contributed by atoms with Gasteiger partial charge in [-0.25, -0.2) is 0 Å². The number of hydrogen-bond acceptors (Lipinski definition) is 4. The minimum atomic E-state index is 0.0626. The van der Waals surface area contributed by atoms with Crippen LogP contribution in [0.1, 0.15) is 41.1 Å². The average molecular weight is 414 g/mol. The second-order valence-corrected chi connectivity index (χ2v) is 8.40. The van der Waals surface area contributed by atoms with Crippen molar-refractivity contribution < 1.29 is 4.74 Å². The Morgan fingerprint density at radius 3 is 2.66 bits per heavy atom. The number of aryl methyl sites for hydroxylation is 1. The molecule has 2 aromatic rings. The van der Waals surface area contributed by atoms with Crippen LogP contribution in [0.3, 0.4) is 0 Å². The van der Waals surface area contributed by atoms with Crippen molar-refractivity contribution in [3.8, 4) is 0 Å². The van der Waals surface area contributed by atoms with Crippen molar-refractivity contribution in [3.05, 3.63) is 53.1 Å². The van der Waals surface area contributed by atoms with E-state index in [1.54, 1.807) is 0 Å². The van der Waals surface area contributed by atoms with E-state index >= 15 is 0 Å². The van der Waals surface area contributed by atoms with Gasteiger partial charge in [0, 0.05) is 50.8 Å². The fourth-order valence-corrected chi connectivity index (χ4v) is 4.79. The molecule has 2 atom stereocenters. The van der Waals surface area contributed by atoms with Crippen LogP contribution in [0.2, 0.25) is 0 Å². The number of hydrogen-bond donors (Lipinski definition) is 1. The second kappa shape index (κ2) is 8.81. The Balaban J connectivity index is 1.57. The van der Waals surface area contributed by atoms with Gasteiger partial charge in [-0.2, -0.15) is 0 Å². The lowest BCUT2D eigenvalue weighted by atomic mass is 9.96. The molecule has 156 valence electrons. The van der Waals surface area contributed by atoms with Crippen LogP contribution in [-0.4, -0.2) is 63.9 Å². The first-order valence-electron chi connectivity index (χ1n) is 10.5. The molecule has 2 aliphatic heterocycles. The van der Waals surface area contributed by atoms with Gasteiger partial charge in [-0.05, 0) is 56.2 Å². The average Bonchev–Trinajstić information content (AvgIpc) is 3.20. The fourth-order valence-electron chi connectivity index (χ4n) is 4.46. The molecule has 0 radical (unpaired) electrons. The molecule has 2 aliphatic rings. The molecule has 0 amide bonds. The highest BCUT2D eigenvalue weighted by atomic mass is 32.1. The van der Waals surface area contributed by atoms with Crippen LogP contribution < -0.4 is 5.32 Å². The van der Waals surface area contributed by atoms with E-state index < -0.39 is 0 Å². The van der Waals surface area contributed by atoms with E-state index in [-0.39, 0.29) is 12.1 Å². The molecule has 0 aromatic carbocycles. The number of rotatable bonds is 6. The van der Waals surface area contributed by atoms with Crippen LogP contribution in [0.25, 0.3) is 0 Å². The Morgan fingerprint density at radius 2 is 2.00 bits per heavy atom. The molecule has 6 nitrogen and oxygen atoms in total. The normalized spacial score (nSPS) is 22.9. The van der Waals surface area contributed by atoms with Crippen molar-refractivity contribution in [1.82, 2.24) is 24.7 Å². The highest BCUT2D eigenvalue weighted by Crippen LogP contribution is 2.40. The van der Waals surface area contributed by atoms with E-state index in [9.17, 15) is 0 Å². The highest BCUT2D eigenvalue weighted by Gasteiger charge is 2.40. The van der Waals surface area contributed by atoms with Gasteiger partial charge < -0.3 is 19.5 Å². The third kappa shape index (κ3) is 4.17. The summed E-state index contributed by atoms with van der Waals surface area (Å²) in [7, 11) is 2.13. The zero-order valence-corrected chi connectivity index (χ0v) is 18.4. The summed E-state index contributed by atoms with van der Waals surface area (Å²) in [5.74, 6) is 0. The zero-order valence-electron chi connectivity index (χ0n) is 17.6. The topological polar surface area (TPSA) is 45.6 Å². The minimum Gasteiger partial charge on any atom is -0.379 e. The molecule has 7 heteroatoms. The Labute approximate surface area is 178 Å². The SMILES string of the molecule is Cc1cc([C@H]2[C@H](c3ccccn3)NC(=S)N2CCCN2CCOCC2)c(C)n1C. The van der Waals surface area contributed by atoms with E-state index in [0.717, 1.165) is 56.6 Å². The molecule has 2 fully saturated rings. The Hall–Kier alpha value is -1.96. The van der Waals surface area contributed by atoms with Crippen molar-refractivity contribution >= 4 is 17.3 Å². The van der Waals surface area contributed by atoms with Crippen molar-refractivity contribution in [2.75, 3.05) is 39.4 Å². The third-order valence-corrected chi connectivity index (χ3v) is 6.66. The van der Waals surface area contributed by atoms with Gasteiger partial charge in [-0.1, -0.05) is 6.07 Å². The lowest BCUT2D eigenvalue weighted by Gasteiger charge is -2.30. The van der Waals surface area contributed by atoms with Gasteiger partial charge in [-0.15, -0.1) is 0 Å². The van der Waals surface area contributed by atoms with Crippen LogP contribution in [0.5, 0.6) is 0 Å². The summed E-state index contributed by atoms with van der Waals surface area (Å²) >= 11 is 5.79. The summed E-state index contributed by atoms with van der Waals surface area (Å²) < 4.78 is 7.73. The van der Waals surface area contributed by atoms with E-state index in [1.165, 1.54) is 17.0 Å². The molecule has 29 heavy (non-hydrogen) atoms. The molecule has 0 unspecified atom stereocenters. The molecule has 1 N–H and O–H groups in total. The first kappa shape index (κ1) is 20.3. The number of thiocarbonyl (C=S) groups is 1. The number of morpholine rings is 1. The molecule has 0 saturated carbocycles. The molecule has 0 spiro atoms. The van der Waals surface area contributed by atoms with Crippen LogP contribution >= 0.6 is 12.2 Å². The van der Waals surface area contributed by atoms with Crippen LogP contribution in [-0.2, 0) is 11.8 Å². The van der Waals surface area contributed by atoms with Crippen LogP contribution in [0, 0.1) is 13.8 Å². The van der Waals surface area contributed by atoms with E-state index in [4.69, 9.17) is 17.0 Å². The Bertz CT molecular complexity index is 846. The van der Waals surface area contributed by atoms with Crippen LogP contribution in [0.15, 0.2) is 30.5 Å². The van der Waals surface area contributed by atoms with Gasteiger partial charge >= 0.3 is 0 Å². The Kier molecular flexibility index (Phi) is 6.18. The largest absolute Gasteiger partial charge is 0.379 e.